The first-order chi connectivity index (χ1) is 32.1. The van der Waals surface area contributed by atoms with Gasteiger partial charge in [-0.05, 0) is 88.8 Å². The minimum absolute atomic E-state index is 0.151. The molecule has 0 fully saturated rings. The van der Waals surface area contributed by atoms with Crippen LogP contribution in [0.1, 0.15) is 34.7 Å². The van der Waals surface area contributed by atoms with Gasteiger partial charge in [-0.2, -0.15) is 0 Å². The third-order valence-corrected chi connectivity index (χ3v) is 13.0. The zero-order valence-electron chi connectivity index (χ0n) is 38.0. The quantitative estimate of drug-likeness (QED) is 0.160. The zero-order chi connectivity index (χ0) is 44.7. The molecule has 0 bridgehead atoms. The summed E-state index contributed by atoms with van der Waals surface area (Å²) in [7, 11) is 0. The molecule has 0 N–H and O–H groups in total. The van der Waals surface area contributed by atoms with Crippen LogP contribution in [0.5, 0.6) is 11.5 Å². The van der Waals surface area contributed by atoms with Crippen molar-refractivity contribution in [2.45, 2.75) is 26.1 Å². The molecule has 10 aromatic rings. The molecule has 0 unspecified atom stereocenters. The summed E-state index contributed by atoms with van der Waals surface area (Å²) in [6.07, 6.45) is 1.68. The van der Waals surface area contributed by atoms with Gasteiger partial charge in [0.25, 0.3) is 0 Å². The number of aryl methyl sites for hydroxylation is 1. The highest BCUT2D eigenvalue weighted by atomic mass is 16.5. The standard InChI is InChI=1S/C58H44N4O/c1-38-33-55(59-36-48(38)40-19-8-5-9-20-40)62-51-26-13-11-23-45(51)46-30-29-43(35-54(46)62)63-42-22-16-21-41(34-42)60-37-61(53-28-15-14-27-52(53)60)57-44(39-17-6-4-7-18-39)31-32-50-56(57)47-24-10-12-25-49(47)58(50,2)3/h4-36H,37H2,1-3H3/i1D3. The fourth-order valence-electron chi connectivity index (χ4n) is 10.1. The number of anilines is 4. The van der Waals surface area contributed by atoms with Gasteiger partial charge in [-0.3, -0.25) is 4.57 Å². The van der Waals surface area contributed by atoms with Crippen molar-refractivity contribution in [3.05, 3.63) is 217 Å². The second-order valence-corrected chi connectivity index (χ2v) is 17.0. The summed E-state index contributed by atoms with van der Waals surface area (Å²) in [5.41, 5.74) is 15.4. The number of rotatable bonds is 7. The second kappa shape index (κ2) is 14.4. The Labute approximate surface area is 371 Å². The average molecular weight is 816 g/mol. The van der Waals surface area contributed by atoms with E-state index in [1.165, 1.54) is 39.1 Å². The first-order valence-electron chi connectivity index (χ1n) is 23.0. The Bertz CT molecular complexity index is 3520. The van der Waals surface area contributed by atoms with Crippen LogP contribution >= 0.6 is 0 Å². The van der Waals surface area contributed by atoms with Gasteiger partial charge in [0.2, 0.25) is 0 Å². The summed E-state index contributed by atoms with van der Waals surface area (Å²) in [6.45, 7) is 2.92. The number of aromatic nitrogens is 2. The number of ether oxygens (including phenoxy) is 1. The Hall–Kier alpha value is -7.89. The summed E-state index contributed by atoms with van der Waals surface area (Å²) < 4.78 is 34.4. The molecular weight excluding hydrogens is 769 g/mol. The Morgan fingerprint density at radius 2 is 1.22 bits per heavy atom. The van der Waals surface area contributed by atoms with E-state index >= 15 is 0 Å². The lowest BCUT2D eigenvalue weighted by Gasteiger charge is -2.28. The largest absolute Gasteiger partial charge is 0.457 e. The van der Waals surface area contributed by atoms with E-state index in [4.69, 9.17) is 13.8 Å². The minimum atomic E-state index is -2.36. The first-order valence-corrected chi connectivity index (χ1v) is 21.5. The fraction of sp³-hybridized carbons (Fsp3) is 0.0862. The highest BCUT2D eigenvalue weighted by molar-refractivity contribution is 6.09. The third kappa shape index (κ3) is 5.88. The molecule has 5 heteroatoms. The molecular formula is C58H44N4O. The average Bonchev–Trinajstić information content (AvgIpc) is 3.97. The Kier molecular flexibility index (Phi) is 7.70. The van der Waals surface area contributed by atoms with Gasteiger partial charge in [-0.25, -0.2) is 4.98 Å². The van der Waals surface area contributed by atoms with Crippen LogP contribution in [0.2, 0.25) is 0 Å². The zero-order valence-corrected chi connectivity index (χ0v) is 35.0. The number of hydrogen-bond acceptors (Lipinski definition) is 4. The van der Waals surface area contributed by atoms with Gasteiger partial charge in [-0.1, -0.05) is 147 Å². The van der Waals surface area contributed by atoms with Gasteiger partial charge in [0.1, 0.15) is 24.0 Å². The number of pyridine rings is 1. The third-order valence-electron chi connectivity index (χ3n) is 13.0. The van der Waals surface area contributed by atoms with E-state index in [1.807, 2.05) is 71.3 Å². The van der Waals surface area contributed by atoms with E-state index in [0.29, 0.717) is 29.5 Å². The van der Waals surface area contributed by atoms with Gasteiger partial charge in [0, 0.05) is 61.0 Å². The van der Waals surface area contributed by atoms with Gasteiger partial charge in [0.15, 0.2) is 0 Å². The summed E-state index contributed by atoms with van der Waals surface area (Å²) in [5, 5.41) is 2.05. The molecule has 0 saturated carbocycles. The molecule has 0 atom stereocenters. The van der Waals surface area contributed by atoms with Crippen LogP contribution in [0.25, 0.3) is 61.0 Å². The number of para-hydroxylation sites is 3. The Morgan fingerprint density at radius 3 is 2.03 bits per heavy atom. The maximum atomic E-state index is 8.53. The molecule has 0 radical (unpaired) electrons. The van der Waals surface area contributed by atoms with E-state index in [9.17, 15) is 0 Å². The van der Waals surface area contributed by atoms with Crippen LogP contribution in [0, 0.1) is 6.85 Å². The van der Waals surface area contributed by atoms with Crippen LogP contribution in [-0.4, -0.2) is 16.2 Å². The van der Waals surface area contributed by atoms with Crippen LogP contribution in [0.3, 0.4) is 0 Å². The predicted octanol–water partition coefficient (Wildman–Crippen LogP) is 15.2. The summed E-state index contributed by atoms with van der Waals surface area (Å²) >= 11 is 0. The molecule has 3 heterocycles. The van der Waals surface area contributed by atoms with E-state index in [0.717, 1.165) is 44.4 Å². The molecule has 2 aliphatic rings. The number of benzene rings is 8. The van der Waals surface area contributed by atoms with Crippen molar-refractivity contribution < 1.29 is 8.85 Å². The molecule has 302 valence electrons. The van der Waals surface area contributed by atoms with Crippen molar-refractivity contribution >= 4 is 44.6 Å². The van der Waals surface area contributed by atoms with Crippen molar-refractivity contribution in [1.29, 1.82) is 0 Å². The minimum Gasteiger partial charge on any atom is -0.457 e. The number of nitrogens with zero attached hydrogens (tertiary/aromatic N) is 4. The molecule has 63 heavy (non-hydrogen) atoms. The first kappa shape index (κ1) is 33.8. The van der Waals surface area contributed by atoms with Crippen molar-refractivity contribution in [2.75, 3.05) is 16.5 Å². The molecule has 1 aliphatic heterocycles. The van der Waals surface area contributed by atoms with Crippen molar-refractivity contribution in [3.63, 3.8) is 0 Å². The lowest BCUT2D eigenvalue weighted by molar-refractivity contribution is 0.483. The smallest absolute Gasteiger partial charge is 0.137 e. The van der Waals surface area contributed by atoms with E-state index in [-0.39, 0.29) is 11.0 Å². The monoisotopic (exact) mass is 815 g/mol. The molecule has 8 aromatic carbocycles. The molecule has 5 nitrogen and oxygen atoms in total. The molecule has 12 rings (SSSR count). The fourth-order valence-corrected chi connectivity index (χ4v) is 10.1. The lowest BCUT2D eigenvalue weighted by atomic mass is 9.82. The Morgan fingerprint density at radius 1 is 0.540 bits per heavy atom. The van der Waals surface area contributed by atoms with Crippen LogP contribution < -0.4 is 14.5 Å². The predicted molar refractivity (Wildman–Crippen MR) is 260 cm³/mol. The lowest BCUT2D eigenvalue weighted by Crippen LogP contribution is -2.25. The molecule has 0 amide bonds. The maximum absolute atomic E-state index is 8.53. The topological polar surface area (TPSA) is 33.5 Å². The van der Waals surface area contributed by atoms with Crippen molar-refractivity contribution in [1.82, 2.24) is 9.55 Å². The number of hydrogen-bond donors (Lipinski definition) is 0. The second-order valence-electron chi connectivity index (χ2n) is 17.0. The van der Waals surface area contributed by atoms with Gasteiger partial charge in [-0.15, -0.1) is 0 Å². The molecule has 0 saturated heterocycles. The van der Waals surface area contributed by atoms with Crippen molar-refractivity contribution in [3.8, 4) is 50.7 Å². The molecule has 2 aromatic heterocycles. The van der Waals surface area contributed by atoms with E-state index in [1.54, 1.807) is 12.3 Å². The number of fused-ring (bicyclic) bond motifs is 7. The normalized spacial score (nSPS) is 14.5. The highest BCUT2D eigenvalue weighted by Gasteiger charge is 2.40. The van der Waals surface area contributed by atoms with Crippen LogP contribution in [0.4, 0.5) is 22.7 Å². The van der Waals surface area contributed by atoms with Crippen LogP contribution in [-0.2, 0) is 5.41 Å². The van der Waals surface area contributed by atoms with E-state index < -0.39 is 6.85 Å². The summed E-state index contributed by atoms with van der Waals surface area (Å²) in [5.74, 6) is 1.87. The van der Waals surface area contributed by atoms with E-state index in [2.05, 4.69) is 145 Å². The molecule has 0 spiro atoms. The SMILES string of the molecule is [2H]C([2H])([2H])c1cc(-n2c3ccccc3c3ccc(Oc4cccc(N5CN(c6c(-c7ccccc7)ccc7c6-c6ccccc6C7(C)C)c6ccccc65)c4)cc32)ncc1-c1ccccc1. The highest BCUT2D eigenvalue weighted by Crippen LogP contribution is 2.57. The van der Waals surface area contributed by atoms with Crippen molar-refractivity contribution in [2.24, 2.45) is 0 Å². The summed E-state index contributed by atoms with van der Waals surface area (Å²) in [6, 6.07) is 66.8. The van der Waals surface area contributed by atoms with Crippen LogP contribution in [0.15, 0.2) is 200 Å². The van der Waals surface area contributed by atoms with Gasteiger partial charge < -0.3 is 14.5 Å². The van der Waals surface area contributed by atoms with Gasteiger partial charge >= 0.3 is 0 Å². The maximum Gasteiger partial charge on any atom is 0.137 e. The Balaban J connectivity index is 0.935. The molecule has 1 aliphatic carbocycles. The van der Waals surface area contributed by atoms with Gasteiger partial charge in [0.05, 0.1) is 28.1 Å². The summed E-state index contributed by atoms with van der Waals surface area (Å²) in [4.78, 5) is 9.77.